The molecule has 0 aliphatic carbocycles. The quantitative estimate of drug-likeness (QED) is 0.562. The van der Waals surface area contributed by atoms with Crippen LogP contribution in [-0.2, 0) is 9.53 Å². The van der Waals surface area contributed by atoms with Gasteiger partial charge in [0.2, 0.25) is 0 Å². The van der Waals surface area contributed by atoms with Crippen molar-refractivity contribution >= 4 is 5.91 Å². The molecule has 1 heterocycles. The summed E-state index contributed by atoms with van der Waals surface area (Å²) in [5, 5.41) is 2.90. The molecule has 62 valence electrons. The van der Waals surface area contributed by atoms with Gasteiger partial charge >= 0.3 is 0 Å². The van der Waals surface area contributed by atoms with Crippen LogP contribution in [0.15, 0.2) is 12.7 Å². The Labute approximate surface area is 65.8 Å². The first kappa shape index (κ1) is 8.23. The van der Waals surface area contributed by atoms with E-state index in [9.17, 15) is 4.79 Å². The van der Waals surface area contributed by atoms with E-state index in [1.807, 2.05) is 0 Å². The van der Waals surface area contributed by atoms with E-state index in [0.29, 0.717) is 13.2 Å². The van der Waals surface area contributed by atoms with Crippen LogP contribution in [0.1, 0.15) is 0 Å². The summed E-state index contributed by atoms with van der Waals surface area (Å²) in [5.41, 5.74) is 0. The van der Waals surface area contributed by atoms with Crippen molar-refractivity contribution in [1.82, 2.24) is 10.2 Å². The fraction of sp³-hybridized carbons (Fsp3) is 0.571. The number of carbonyl (C=O) groups excluding carboxylic acids is 1. The third kappa shape index (κ3) is 1.58. The van der Waals surface area contributed by atoms with Crippen molar-refractivity contribution in [3.63, 3.8) is 0 Å². The van der Waals surface area contributed by atoms with Crippen LogP contribution in [0, 0.1) is 0 Å². The largest absolute Gasteiger partial charge is 0.357 e. The lowest BCUT2D eigenvalue weighted by Crippen LogP contribution is -2.31. The maximum Gasteiger partial charge on any atom is 0.268 e. The van der Waals surface area contributed by atoms with Gasteiger partial charge in [0.15, 0.2) is 6.23 Å². The van der Waals surface area contributed by atoms with Crippen molar-refractivity contribution in [3.05, 3.63) is 12.7 Å². The van der Waals surface area contributed by atoms with Crippen molar-refractivity contribution in [1.29, 1.82) is 0 Å². The number of nitrogens with zero attached hydrogens (tertiary/aromatic N) is 1. The van der Waals surface area contributed by atoms with E-state index in [2.05, 4.69) is 11.9 Å². The van der Waals surface area contributed by atoms with Crippen molar-refractivity contribution < 1.29 is 9.53 Å². The fourth-order valence-corrected chi connectivity index (χ4v) is 1.02. The van der Waals surface area contributed by atoms with Crippen LogP contribution in [0.4, 0.5) is 0 Å². The maximum atomic E-state index is 11.2. The molecule has 1 amide bonds. The molecule has 0 radical (unpaired) electrons. The molecule has 1 saturated heterocycles. The Kier molecular flexibility index (Phi) is 2.62. The number of amides is 1. The minimum absolute atomic E-state index is 0.0209. The summed E-state index contributed by atoms with van der Waals surface area (Å²) < 4.78 is 4.86. The highest BCUT2D eigenvalue weighted by Crippen LogP contribution is 2.02. The molecule has 11 heavy (non-hydrogen) atoms. The van der Waals surface area contributed by atoms with Gasteiger partial charge in [0.25, 0.3) is 5.91 Å². The summed E-state index contributed by atoms with van der Waals surface area (Å²) in [6, 6.07) is 0. The van der Waals surface area contributed by atoms with Gasteiger partial charge < -0.3 is 9.64 Å². The zero-order valence-electron chi connectivity index (χ0n) is 6.54. The second-order valence-corrected chi connectivity index (χ2v) is 2.33. The molecule has 4 heteroatoms. The zero-order chi connectivity index (χ0) is 8.27. The second kappa shape index (κ2) is 3.50. The Morgan fingerprint density at radius 3 is 3.18 bits per heavy atom. The molecule has 1 fully saturated rings. The molecule has 1 N–H and O–H groups in total. The molecular formula is C7H12N2O2. The summed E-state index contributed by atoms with van der Waals surface area (Å²) in [5.74, 6) is -0.0209. The molecule has 0 aromatic rings. The van der Waals surface area contributed by atoms with Crippen molar-refractivity contribution in [2.45, 2.75) is 6.23 Å². The highest BCUT2D eigenvalue weighted by Gasteiger charge is 2.29. The van der Waals surface area contributed by atoms with E-state index in [1.54, 1.807) is 11.0 Å². The van der Waals surface area contributed by atoms with E-state index >= 15 is 0 Å². The van der Waals surface area contributed by atoms with Crippen LogP contribution in [0.2, 0.25) is 0 Å². The minimum Gasteiger partial charge on any atom is -0.357 e. The van der Waals surface area contributed by atoms with Crippen LogP contribution in [0.3, 0.4) is 0 Å². The van der Waals surface area contributed by atoms with E-state index in [0.717, 1.165) is 0 Å². The van der Waals surface area contributed by atoms with Crippen LogP contribution in [0.25, 0.3) is 0 Å². The molecule has 0 aromatic carbocycles. The average molecular weight is 156 g/mol. The number of nitrogens with one attached hydrogen (secondary N) is 1. The Balaban J connectivity index is 2.48. The lowest BCUT2D eigenvalue weighted by Gasteiger charge is -2.10. The first-order chi connectivity index (χ1) is 5.29. The average Bonchev–Trinajstić information content (AvgIpc) is 2.34. The molecular weight excluding hydrogens is 144 g/mol. The van der Waals surface area contributed by atoms with Gasteiger partial charge in [-0.05, 0) is 0 Å². The second-order valence-electron chi connectivity index (χ2n) is 2.33. The molecule has 0 bridgehead atoms. The molecule has 1 aliphatic rings. The van der Waals surface area contributed by atoms with E-state index in [4.69, 9.17) is 4.74 Å². The molecule has 1 atom stereocenters. The molecule has 1 rings (SSSR count). The molecule has 1 unspecified atom stereocenters. The molecule has 4 nitrogen and oxygen atoms in total. The number of rotatable bonds is 3. The smallest absolute Gasteiger partial charge is 0.268 e. The monoisotopic (exact) mass is 156 g/mol. The zero-order valence-corrected chi connectivity index (χ0v) is 6.54. The topological polar surface area (TPSA) is 41.6 Å². The van der Waals surface area contributed by atoms with Gasteiger partial charge in [-0.2, -0.15) is 0 Å². The van der Waals surface area contributed by atoms with E-state index in [-0.39, 0.29) is 5.91 Å². The predicted molar refractivity (Wildman–Crippen MR) is 40.7 cm³/mol. The Hall–Kier alpha value is -0.870. The standard InChI is InChI=1S/C7H12N2O2/c1-3-4-9-5-8-6(11-2)7(9)10/h3,6,8H,1,4-5H2,2H3. The first-order valence-corrected chi connectivity index (χ1v) is 3.45. The van der Waals surface area contributed by atoms with Gasteiger partial charge in [0, 0.05) is 13.7 Å². The number of hydrogen-bond donors (Lipinski definition) is 1. The third-order valence-electron chi connectivity index (χ3n) is 1.59. The molecule has 0 aromatic heterocycles. The Bertz CT molecular complexity index is 170. The SMILES string of the molecule is C=CCN1CNC(OC)C1=O. The first-order valence-electron chi connectivity index (χ1n) is 3.45. The number of hydrogen-bond acceptors (Lipinski definition) is 3. The van der Waals surface area contributed by atoms with Crippen molar-refractivity contribution in [2.24, 2.45) is 0 Å². The van der Waals surface area contributed by atoms with Crippen molar-refractivity contribution in [2.75, 3.05) is 20.3 Å². The Morgan fingerprint density at radius 1 is 2.00 bits per heavy atom. The summed E-state index contributed by atoms with van der Waals surface area (Å²) in [7, 11) is 1.51. The van der Waals surface area contributed by atoms with Crippen LogP contribution in [0.5, 0.6) is 0 Å². The van der Waals surface area contributed by atoms with Gasteiger partial charge in [-0.1, -0.05) is 6.08 Å². The fourth-order valence-electron chi connectivity index (χ4n) is 1.02. The summed E-state index contributed by atoms with van der Waals surface area (Å²) in [6.45, 7) is 4.67. The number of methoxy groups -OCH3 is 1. The minimum atomic E-state index is -0.463. The van der Waals surface area contributed by atoms with Gasteiger partial charge in [0.05, 0.1) is 6.67 Å². The lowest BCUT2D eigenvalue weighted by molar-refractivity contribution is -0.135. The molecule has 0 spiro atoms. The lowest BCUT2D eigenvalue weighted by atomic mass is 10.5. The summed E-state index contributed by atoms with van der Waals surface area (Å²) in [6.07, 6.45) is 1.23. The molecule has 1 aliphatic heterocycles. The van der Waals surface area contributed by atoms with Gasteiger partial charge in [-0.3, -0.25) is 10.1 Å². The van der Waals surface area contributed by atoms with E-state index < -0.39 is 6.23 Å². The molecule has 0 saturated carbocycles. The van der Waals surface area contributed by atoms with Gasteiger partial charge in [-0.25, -0.2) is 0 Å². The highest BCUT2D eigenvalue weighted by atomic mass is 16.5. The number of carbonyl (C=O) groups is 1. The van der Waals surface area contributed by atoms with Crippen molar-refractivity contribution in [3.8, 4) is 0 Å². The van der Waals surface area contributed by atoms with E-state index in [1.165, 1.54) is 7.11 Å². The maximum absolute atomic E-state index is 11.2. The number of ether oxygens (including phenoxy) is 1. The highest BCUT2D eigenvalue weighted by molar-refractivity contribution is 5.82. The Morgan fingerprint density at radius 2 is 2.73 bits per heavy atom. The predicted octanol–water partition coefficient (Wildman–Crippen LogP) is -0.466. The van der Waals surface area contributed by atoms with Crippen LogP contribution < -0.4 is 5.32 Å². The normalized spacial score (nSPS) is 24.3. The third-order valence-corrected chi connectivity index (χ3v) is 1.59. The summed E-state index contributed by atoms with van der Waals surface area (Å²) in [4.78, 5) is 12.9. The summed E-state index contributed by atoms with van der Waals surface area (Å²) >= 11 is 0. The van der Waals surface area contributed by atoms with Crippen LogP contribution in [-0.4, -0.2) is 37.4 Å². The van der Waals surface area contributed by atoms with Crippen LogP contribution >= 0.6 is 0 Å². The van der Waals surface area contributed by atoms with Gasteiger partial charge in [0.1, 0.15) is 0 Å². The van der Waals surface area contributed by atoms with Gasteiger partial charge in [-0.15, -0.1) is 6.58 Å².